The van der Waals surface area contributed by atoms with Crippen molar-refractivity contribution in [3.63, 3.8) is 0 Å². The number of nitrogens with zero attached hydrogens (tertiary/aromatic N) is 1. The first kappa shape index (κ1) is 18.1. The number of hydrogen-bond acceptors (Lipinski definition) is 7. The Balaban J connectivity index is 2.23. The van der Waals surface area contributed by atoms with Crippen molar-refractivity contribution < 1.29 is 24.0 Å². The molecule has 12 heteroatoms. The summed E-state index contributed by atoms with van der Waals surface area (Å²) in [5, 5.41) is 20.0. The Morgan fingerprint density at radius 3 is 2.73 bits per heavy atom. The van der Waals surface area contributed by atoms with E-state index in [0.717, 1.165) is 0 Å². The van der Waals surface area contributed by atoms with Crippen LogP contribution in [0.3, 0.4) is 0 Å². The van der Waals surface area contributed by atoms with Crippen molar-refractivity contribution in [3.05, 3.63) is 26.9 Å². The van der Waals surface area contributed by atoms with Gasteiger partial charge in [-0.1, -0.05) is 0 Å². The molecule has 0 saturated carbocycles. The molecule has 3 N–H and O–H groups in total. The molecule has 1 aliphatic rings. The number of hydrogen-bond donors (Lipinski definition) is 3. The predicted molar refractivity (Wildman–Crippen MR) is 81.8 cm³/mol. The molecule has 0 radical (unpaired) electrons. The van der Waals surface area contributed by atoms with Gasteiger partial charge in [0, 0.05) is 11.8 Å². The van der Waals surface area contributed by atoms with Gasteiger partial charge in [-0.3, -0.25) is 18.9 Å². The zero-order valence-electron chi connectivity index (χ0n) is 11.2. The quantitative estimate of drug-likeness (QED) is 0.526. The molecule has 0 aliphatic carbocycles. The first-order valence-corrected chi connectivity index (χ1v) is 9.92. The molecular weight excluding hydrogens is 378 g/mol. The SMILES string of the molecule is Cc1cn(C2OC(COP(=O)(Cl)Cl)C(O)C2O)c(=S)[nH]c1=O. The highest BCUT2D eigenvalue weighted by molar-refractivity contribution is 8.05. The summed E-state index contributed by atoms with van der Waals surface area (Å²) in [7, 11) is 0. The number of aliphatic hydroxyl groups is 2. The molecule has 2 rings (SSSR count). The highest BCUT2D eigenvalue weighted by atomic mass is 35.9. The topological polar surface area (TPSA) is 114 Å². The summed E-state index contributed by atoms with van der Waals surface area (Å²) in [4.78, 5) is 13.9. The van der Waals surface area contributed by atoms with E-state index in [-0.39, 0.29) is 16.9 Å². The Morgan fingerprint density at radius 2 is 2.14 bits per heavy atom. The van der Waals surface area contributed by atoms with Gasteiger partial charge in [0.25, 0.3) is 5.56 Å². The van der Waals surface area contributed by atoms with E-state index in [0.29, 0.717) is 5.56 Å². The number of aliphatic hydroxyl groups excluding tert-OH is 2. The lowest BCUT2D eigenvalue weighted by atomic mass is 10.1. The minimum Gasteiger partial charge on any atom is -0.387 e. The lowest BCUT2D eigenvalue weighted by Crippen LogP contribution is -2.33. The van der Waals surface area contributed by atoms with Crippen molar-refractivity contribution in [1.29, 1.82) is 0 Å². The van der Waals surface area contributed by atoms with E-state index in [2.05, 4.69) is 9.51 Å². The first-order chi connectivity index (χ1) is 10.1. The molecule has 1 saturated heterocycles. The Bertz CT molecular complexity index is 718. The third-order valence-electron chi connectivity index (χ3n) is 3.15. The highest BCUT2D eigenvalue weighted by Gasteiger charge is 2.44. The first-order valence-electron chi connectivity index (χ1n) is 6.07. The molecule has 1 aliphatic heterocycles. The molecule has 4 atom stereocenters. The molecule has 0 bridgehead atoms. The van der Waals surface area contributed by atoms with Crippen molar-refractivity contribution in [2.75, 3.05) is 6.61 Å². The lowest BCUT2D eigenvalue weighted by Gasteiger charge is -2.18. The van der Waals surface area contributed by atoms with Gasteiger partial charge in [-0.2, -0.15) is 0 Å². The van der Waals surface area contributed by atoms with E-state index in [1.165, 1.54) is 10.8 Å². The van der Waals surface area contributed by atoms with Gasteiger partial charge in [-0.15, -0.1) is 0 Å². The highest BCUT2D eigenvalue weighted by Crippen LogP contribution is 2.57. The van der Waals surface area contributed by atoms with Crippen LogP contribution in [0.25, 0.3) is 0 Å². The van der Waals surface area contributed by atoms with E-state index in [1.54, 1.807) is 6.92 Å². The van der Waals surface area contributed by atoms with E-state index in [9.17, 15) is 19.6 Å². The molecule has 1 fully saturated rings. The molecule has 8 nitrogen and oxygen atoms in total. The molecule has 0 amide bonds. The third-order valence-corrected chi connectivity index (χ3v) is 4.49. The average molecular weight is 391 g/mol. The van der Waals surface area contributed by atoms with Crippen LogP contribution in [0.15, 0.2) is 11.0 Å². The van der Waals surface area contributed by atoms with Crippen LogP contribution in [-0.4, -0.2) is 44.7 Å². The van der Waals surface area contributed by atoms with Crippen molar-refractivity contribution in [1.82, 2.24) is 9.55 Å². The maximum Gasteiger partial charge on any atom is 0.380 e. The van der Waals surface area contributed by atoms with Crippen LogP contribution in [0.5, 0.6) is 0 Å². The summed E-state index contributed by atoms with van der Waals surface area (Å²) in [5.74, 6) is 0. The summed E-state index contributed by atoms with van der Waals surface area (Å²) >= 11 is 15.5. The standard InChI is InChI=1S/C10H13Cl2N2O6PS/c1-4-2-14(10(22)13-8(4)17)9-7(16)6(15)5(20-9)3-19-21(11,12)18/h2,5-7,9,15-16H,3H2,1H3,(H,13,17,22). The maximum absolute atomic E-state index is 11.5. The second-order valence-electron chi connectivity index (χ2n) is 4.74. The van der Waals surface area contributed by atoms with Crippen molar-refractivity contribution in [2.45, 2.75) is 31.5 Å². The zero-order chi connectivity index (χ0) is 16.7. The van der Waals surface area contributed by atoms with Crippen LogP contribution >= 0.6 is 40.8 Å². The minimum atomic E-state index is -3.78. The van der Waals surface area contributed by atoms with Gasteiger partial charge in [0.15, 0.2) is 11.0 Å². The van der Waals surface area contributed by atoms with E-state index in [4.69, 9.17) is 39.4 Å². The molecule has 2 heterocycles. The Labute approximate surface area is 139 Å². The molecule has 0 aromatic carbocycles. The van der Waals surface area contributed by atoms with Crippen LogP contribution in [0.4, 0.5) is 0 Å². The maximum atomic E-state index is 11.5. The van der Waals surface area contributed by atoms with Crippen molar-refractivity contribution in [2.24, 2.45) is 0 Å². The monoisotopic (exact) mass is 390 g/mol. The third kappa shape index (κ3) is 3.98. The number of rotatable bonds is 4. The normalized spacial score (nSPS) is 29.0. The largest absolute Gasteiger partial charge is 0.387 e. The molecule has 22 heavy (non-hydrogen) atoms. The van der Waals surface area contributed by atoms with E-state index < -0.39 is 30.6 Å². The van der Waals surface area contributed by atoms with Gasteiger partial charge < -0.3 is 19.5 Å². The lowest BCUT2D eigenvalue weighted by molar-refractivity contribution is -0.0498. The molecule has 124 valence electrons. The van der Waals surface area contributed by atoms with Crippen LogP contribution in [-0.2, 0) is 13.8 Å². The van der Waals surface area contributed by atoms with Gasteiger partial charge in [0.2, 0.25) is 0 Å². The number of aromatic nitrogens is 2. The Kier molecular flexibility index (Phi) is 5.51. The van der Waals surface area contributed by atoms with Crippen molar-refractivity contribution >= 4 is 40.8 Å². The Hall–Kier alpha value is -0.250. The summed E-state index contributed by atoms with van der Waals surface area (Å²) in [6, 6.07) is 0. The van der Waals surface area contributed by atoms with Gasteiger partial charge in [-0.05, 0) is 41.6 Å². The van der Waals surface area contributed by atoms with Crippen LogP contribution in [0.1, 0.15) is 11.8 Å². The number of halogens is 2. The van der Waals surface area contributed by atoms with E-state index >= 15 is 0 Å². The minimum absolute atomic E-state index is 0.0220. The second kappa shape index (κ2) is 6.70. The van der Waals surface area contributed by atoms with Gasteiger partial charge >= 0.3 is 6.07 Å². The van der Waals surface area contributed by atoms with Gasteiger partial charge in [0.05, 0.1) is 6.61 Å². The number of H-pyrrole nitrogens is 1. The van der Waals surface area contributed by atoms with Crippen LogP contribution < -0.4 is 5.56 Å². The molecule has 0 spiro atoms. The second-order valence-corrected chi connectivity index (χ2v) is 9.40. The number of aromatic amines is 1. The smallest absolute Gasteiger partial charge is 0.380 e. The van der Waals surface area contributed by atoms with Gasteiger partial charge in [-0.25, -0.2) is 0 Å². The van der Waals surface area contributed by atoms with Crippen LogP contribution in [0.2, 0.25) is 0 Å². The Morgan fingerprint density at radius 1 is 1.50 bits per heavy atom. The van der Waals surface area contributed by atoms with E-state index in [1.807, 2.05) is 0 Å². The van der Waals surface area contributed by atoms with Gasteiger partial charge in [0.1, 0.15) is 18.3 Å². The number of nitrogens with one attached hydrogen (secondary N) is 1. The fourth-order valence-electron chi connectivity index (χ4n) is 2.03. The summed E-state index contributed by atoms with van der Waals surface area (Å²) < 4.78 is 22.6. The fourth-order valence-corrected chi connectivity index (χ4v) is 2.94. The van der Waals surface area contributed by atoms with Crippen LogP contribution in [0, 0.1) is 11.7 Å². The molecule has 4 unspecified atom stereocenters. The number of ether oxygens (including phenoxy) is 1. The predicted octanol–water partition coefficient (Wildman–Crippen LogP) is 1.44. The zero-order valence-corrected chi connectivity index (χ0v) is 14.4. The molecule has 1 aromatic rings. The summed E-state index contributed by atoms with van der Waals surface area (Å²) in [6.45, 7) is 1.17. The summed E-state index contributed by atoms with van der Waals surface area (Å²) in [6.07, 6.45) is -7.11. The molecule has 1 aromatic heterocycles. The average Bonchev–Trinajstić information content (AvgIpc) is 2.68. The van der Waals surface area contributed by atoms with Crippen molar-refractivity contribution in [3.8, 4) is 0 Å². The fraction of sp³-hybridized carbons (Fsp3) is 0.600. The summed E-state index contributed by atoms with van der Waals surface area (Å²) in [5.41, 5.74) is -0.0102. The molecular formula is C10H13Cl2N2O6PS. The number of aryl methyl sites for hydroxylation is 1.